The maximum atomic E-state index is 11.9. The third-order valence-electron chi connectivity index (χ3n) is 2.86. The average molecular weight is 332 g/mol. The molecule has 1 aromatic rings. The number of nitriles is 1. The van der Waals surface area contributed by atoms with Crippen LogP contribution in [0.2, 0.25) is 0 Å². The Balaban J connectivity index is 3.01. The highest BCUT2D eigenvalue weighted by Gasteiger charge is 2.12. The molecular weight excluding hydrogens is 312 g/mol. The lowest BCUT2D eigenvalue weighted by Crippen LogP contribution is -2.30. The summed E-state index contributed by atoms with van der Waals surface area (Å²) in [5.74, 6) is -0.241. The molecule has 7 heteroatoms. The van der Waals surface area contributed by atoms with E-state index >= 15 is 0 Å². The minimum atomic E-state index is -0.516. The number of hydrogen-bond donors (Lipinski definition) is 1. The van der Waals surface area contributed by atoms with Crippen molar-refractivity contribution in [2.45, 2.75) is 19.9 Å². The molecule has 24 heavy (non-hydrogen) atoms. The number of carbonyl (C=O) groups is 2. The summed E-state index contributed by atoms with van der Waals surface area (Å²) < 4.78 is 15.0. The summed E-state index contributed by atoms with van der Waals surface area (Å²) >= 11 is 0. The van der Waals surface area contributed by atoms with Gasteiger partial charge in [0.25, 0.3) is 5.91 Å². The summed E-state index contributed by atoms with van der Waals surface area (Å²) in [6.07, 6.45) is 1.45. The molecule has 1 rings (SSSR count). The standard InChI is InChI=1S/C17H20N2O5/c1-11(2)19-17(21)13(9-18)7-12-5-6-14(15(8-12)22-3)24-10-16(20)23-4/h5-8,11H,10H2,1-4H3,(H,19,21)/b13-7-. The predicted octanol–water partition coefficient (Wildman–Crippen LogP) is 1.68. The molecule has 0 aliphatic carbocycles. The number of esters is 1. The van der Waals surface area contributed by atoms with Crippen molar-refractivity contribution in [3.8, 4) is 17.6 Å². The summed E-state index contributed by atoms with van der Waals surface area (Å²) in [6, 6.07) is 6.64. The van der Waals surface area contributed by atoms with Crippen molar-refractivity contribution in [2.24, 2.45) is 0 Å². The first kappa shape index (κ1) is 19.0. The molecule has 0 heterocycles. The van der Waals surface area contributed by atoms with Crippen LogP contribution in [0.1, 0.15) is 19.4 Å². The van der Waals surface area contributed by atoms with Crippen LogP contribution in [-0.4, -0.2) is 38.7 Å². The molecule has 0 saturated carbocycles. The van der Waals surface area contributed by atoms with Crippen LogP contribution in [0.3, 0.4) is 0 Å². The van der Waals surface area contributed by atoms with Crippen LogP contribution in [0.15, 0.2) is 23.8 Å². The second-order valence-electron chi connectivity index (χ2n) is 5.07. The minimum absolute atomic E-state index is 0.0195. The largest absolute Gasteiger partial charge is 0.493 e. The fraction of sp³-hybridized carbons (Fsp3) is 0.353. The van der Waals surface area contributed by atoms with E-state index in [4.69, 9.17) is 14.7 Å². The van der Waals surface area contributed by atoms with E-state index < -0.39 is 11.9 Å². The molecule has 0 spiro atoms. The quantitative estimate of drug-likeness (QED) is 0.463. The molecule has 0 bridgehead atoms. The predicted molar refractivity (Wildman–Crippen MR) is 87.4 cm³/mol. The van der Waals surface area contributed by atoms with Crippen molar-refractivity contribution < 1.29 is 23.8 Å². The van der Waals surface area contributed by atoms with Gasteiger partial charge in [0.1, 0.15) is 11.6 Å². The molecule has 1 N–H and O–H groups in total. The van der Waals surface area contributed by atoms with Gasteiger partial charge in [-0.25, -0.2) is 4.79 Å². The molecule has 0 atom stereocenters. The third kappa shape index (κ3) is 5.65. The number of nitrogens with zero attached hydrogens (tertiary/aromatic N) is 1. The summed E-state index contributed by atoms with van der Waals surface area (Å²) in [4.78, 5) is 23.0. The van der Waals surface area contributed by atoms with Crippen LogP contribution < -0.4 is 14.8 Å². The Kier molecular flexibility index (Phi) is 7.30. The highest BCUT2D eigenvalue weighted by atomic mass is 16.6. The molecule has 0 unspecified atom stereocenters. The van der Waals surface area contributed by atoms with Gasteiger partial charge in [0.15, 0.2) is 18.1 Å². The summed E-state index contributed by atoms with van der Waals surface area (Å²) in [5.41, 5.74) is 0.571. The van der Waals surface area contributed by atoms with Crippen LogP contribution >= 0.6 is 0 Å². The fourth-order valence-corrected chi connectivity index (χ4v) is 1.74. The van der Waals surface area contributed by atoms with Crippen LogP contribution in [0.25, 0.3) is 6.08 Å². The van der Waals surface area contributed by atoms with Gasteiger partial charge in [0.05, 0.1) is 14.2 Å². The summed E-state index contributed by atoms with van der Waals surface area (Å²) in [7, 11) is 2.72. The SMILES string of the molecule is COC(=O)COc1ccc(/C=C(/C#N)C(=O)NC(C)C)cc1OC. The lowest BCUT2D eigenvalue weighted by Gasteiger charge is -2.11. The van der Waals surface area contributed by atoms with Gasteiger partial charge in [0.2, 0.25) is 0 Å². The Bertz CT molecular complexity index is 674. The molecule has 1 aromatic carbocycles. The van der Waals surface area contributed by atoms with E-state index in [1.807, 2.05) is 19.9 Å². The monoisotopic (exact) mass is 332 g/mol. The smallest absolute Gasteiger partial charge is 0.343 e. The first-order valence-electron chi connectivity index (χ1n) is 7.21. The van der Waals surface area contributed by atoms with Gasteiger partial charge >= 0.3 is 5.97 Å². The Labute approximate surface area is 140 Å². The molecule has 0 aliphatic rings. The Hall–Kier alpha value is -3.01. The zero-order chi connectivity index (χ0) is 18.1. The van der Waals surface area contributed by atoms with Crippen LogP contribution in [-0.2, 0) is 14.3 Å². The molecular formula is C17H20N2O5. The maximum absolute atomic E-state index is 11.9. The molecule has 0 aliphatic heterocycles. The minimum Gasteiger partial charge on any atom is -0.493 e. The van der Waals surface area contributed by atoms with Crippen LogP contribution in [0.4, 0.5) is 0 Å². The van der Waals surface area contributed by atoms with Crippen molar-refractivity contribution in [1.82, 2.24) is 5.32 Å². The van der Waals surface area contributed by atoms with E-state index in [2.05, 4.69) is 10.1 Å². The van der Waals surface area contributed by atoms with E-state index in [1.165, 1.54) is 20.3 Å². The number of amides is 1. The first-order valence-corrected chi connectivity index (χ1v) is 7.21. The summed E-state index contributed by atoms with van der Waals surface area (Å²) in [5, 5.41) is 11.8. The van der Waals surface area contributed by atoms with E-state index in [-0.39, 0.29) is 18.2 Å². The Morgan fingerprint density at radius 3 is 2.54 bits per heavy atom. The normalized spacial score (nSPS) is 10.8. The fourth-order valence-electron chi connectivity index (χ4n) is 1.74. The molecule has 128 valence electrons. The van der Waals surface area contributed by atoms with Gasteiger partial charge in [-0.2, -0.15) is 5.26 Å². The molecule has 0 aromatic heterocycles. The molecule has 1 amide bonds. The number of rotatable bonds is 7. The zero-order valence-electron chi connectivity index (χ0n) is 14.1. The molecule has 7 nitrogen and oxygen atoms in total. The lowest BCUT2D eigenvalue weighted by atomic mass is 10.1. The average Bonchev–Trinajstić information content (AvgIpc) is 2.56. The number of ether oxygens (including phenoxy) is 3. The van der Waals surface area contributed by atoms with Crippen LogP contribution in [0.5, 0.6) is 11.5 Å². The topological polar surface area (TPSA) is 97.7 Å². The molecule has 0 fully saturated rings. The second-order valence-corrected chi connectivity index (χ2v) is 5.07. The highest BCUT2D eigenvalue weighted by molar-refractivity contribution is 6.01. The second kappa shape index (κ2) is 9.20. The van der Waals surface area contributed by atoms with Crippen molar-refractivity contribution in [2.75, 3.05) is 20.8 Å². The van der Waals surface area contributed by atoms with E-state index in [0.29, 0.717) is 17.1 Å². The maximum Gasteiger partial charge on any atom is 0.343 e. The highest BCUT2D eigenvalue weighted by Crippen LogP contribution is 2.29. The van der Waals surface area contributed by atoms with E-state index in [1.54, 1.807) is 18.2 Å². The van der Waals surface area contributed by atoms with Gasteiger partial charge in [-0.05, 0) is 37.6 Å². The molecule has 0 saturated heterocycles. The first-order chi connectivity index (χ1) is 11.4. The number of nitrogens with one attached hydrogen (secondary N) is 1. The van der Waals surface area contributed by atoms with Crippen molar-refractivity contribution in [3.63, 3.8) is 0 Å². The summed E-state index contributed by atoms with van der Waals surface area (Å²) in [6.45, 7) is 3.37. The van der Waals surface area contributed by atoms with E-state index in [0.717, 1.165) is 0 Å². The van der Waals surface area contributed by atoms with Crippen molar-refractivity contribution in [1.29, 1.82) is 5.26 Å². The lowest BCUT2D eigenvalue weighted by molar-refractivity contribution is -0.142. The third-order valence-corrected chi connectivity index (χ3v) is 2.86. The van der Waals surface area contributed by atoms with Crippen LogP contribution in [0, 0.1) is 11.3 Å². The molecule has 0 radical (unpaired) electrons. The van der Waals surface area contributed by atoms with Gasteiger partial charge < -0.3 is 19.5 Å². The zero-order valence-corrected chi connectivity index (χ0v) is 14.1. The number of benzene rings is 1. The van der Waals surface area contributed by atoms with E-state index in [9.17, 15) is 9.59 Å². The Morgan fingerprint density at radius 1 is 1.29 bits per heavy atom. The number of carbonyl (C=O) groups excluding carboxylic acids is 2. The number of methoxy groups -OCH3 is 2. The van der Waals surface area contributed by atoms with Crippen molar-refractivity contribution >= 4 is 18.0 Å². The van der Waals surface area contributed by atoms with Gasteiger partial charge in [-0.15, -0.1) is 0 Å². The van der Waals surface area contributed by atoms with Gasteiger partial charge in [-0.1, -0.05) is 6.07 Å². The van der Waals surface area contributed by atoms with Gasteiger partial charge in [0, 0.05) is 6.04 Å². The van der Waals surface area contributed by atoms with Gasteiger partial charge in [-0.3, -0.25) is 4.79 Å². The number of hydrogen-bond acceptors (Lipinski definition) is 6. The Morgan fingerprint density at radius 2 is 2.00 bits per heavy atom. The van der Waals surface area contributed by atoms with Crippen molar-refractivity contribution in [3.05, 3.63) is 29.3 Å².